The molecule has 1 fully saturated rings. The van der Waals surface area contributed by atoms with Gasteiger partial charge in [0, 0.05) is 5.69 Å². The molecule has 2 heterocycles. The van der Waals surface area contributed by atoms with Crippen molar-refractivity contribution in [3.63, 3.8) is 0 Å². The first-order valence-corrected chi connectivity index (χ1v) is 7.39. The highest BCUT2D eigenvalue weighted by molar-refractivity contribution is 5.20. The third kappa shape index (κ3) is 5.19. The molecule has 0 bridgehead atoms. The molecule has 2 rings (SSSR count). The molecule has 3 nitrogen and oxygen atoms in total. The fraction of sp³-hybridized carbons (Fsp3) is 0.688. The predicted molar refractivity (Wildman–Crippen MR) is 78.6 cm³/mol. The molecule has 0 radical (unpaired) electrons. The van der Waals surface area contributed by atoms with Gasteiger partial charge >= 0.3 is 0 Å². The topological polar surface area (TPSA) is 25.4 Å². The Balaban J connectivity index is 1.75. The first-order valence-electron chi connectivity index (χ1n) is 7.39. The van der Waals surface area contributed by atoms with Gasteiger partial charge in [-0.05, 0) is 78.2 Å². The number of rotatable bonds is 5. The minimum absolute atomic E-state index is 0.154. The molecule has 0 amide bonds. The van der Waals surface area contributed by atoms with Gasteiger partial charge < -0.3 is 9.64 Å². The van der Waals surface area contributed by atoms with E-state index in [-0.39, 0.29) is 5.60 Å². The van der Waals surface area contributed by atoms with Gasteiger partial charge in [-0.1, -0.05) is 0 Å². The summed E-state index contributed by atoms with van der Waals surface area (Å²) < 4.78 is 5.77. The van der Waals surface area contributed by atoms with E-state index in [1.54, 1.807) is 0 Å². The zero-order valence-corrected chi connectivity index (χ0v) is 12.5. The van der Waals surface area contributed by atoms with E-state index in [4.69, 9.17) is 4.74 Å². The van der Waals surface area contributed by atoms with Gasteiger partial charge in [0.25, 0.3) is 0 Å². The molecule has 19 heavy (non-hydrogen) atoms. The molecular formula is C16H26N2O. The van der Waals surface area contributed by atoms with E-state index in [1.807, 2.05) is 12.3 Å². The van der Waals surface area contributed by atoms with Crippen molar-refractivity contribution in [1.82, 2.24) is 9.88 Å². The van der Waals surface area contributed by atoms with Gasteiger partial charge in [-0.15, -0.1) is 0 Å². The Labute approximate surface area is 117 Å². The first-order chi connectivity index (χ1) is 9.03. The van der Waals surface area contributed by atoms with Gasteiger partial charge in [-0.25, -0.2) is 0 Å². The van der Waals surface area contributed by atoms with Crippen LogP contribution in [0.1, 0.15) is 45.7 Å². The summed E-state index contributed by atoms with van der Waals surface area (Å²) in [5.41, 5.74) is 1.01. The molecule has 1 saturated heterocycles. The SMILES string of the molecule is CC(C)(C)Oc1ccc(CCCN2CCCC2)nc1. The minimum Gasteiger partial charge on any atom is -0.487 e. The highest BCUT2D eigenvalue weighted by Gasteiger charge is 2.12. The molecule has 1 aromatic rings. The highest BCUT2D eigenvalue weighted by Crippen LogP contribution is 2.17. The average molecular weight is 262 g/mol. The summed E-state index contributed by atoms with van der Waals surface area (Å²) in [6, 6.07) is 4.12. The van der Waals surface area contributed by atoms with Gasteiger partial charge in [0.1, 0.15) is 11.4 Å². The monoisotopic (exact) mass is 262 g/mol. The summed E-state index contributed by atoms with van der Waals surface area (Å²) in [6.45, 7) is 9.93. The lowest BCUT2D eigenvalue weighted by Gasteiger charge is -2.21. The predicted octanol–water partition coefficient (Wildman–Crippen LogP) is 3.29. The molecule has 0 aliphatic carbocycles. The van der Waals surface area contributed by atoms with Crippen LogP contribution in [0, 0.1) is 0 Å². The summed E-state index contributed by atoms with van der Waals surface area (Å²) >= 11 is 0. The van der Waals surface area contributed by atoms with Crippen molar-refractivity contribution in [2.45, 2.75) is 52.1 Å². The molecular weight excluding hydrogens is 236 g/mol. The molecule has 3 heteroatoms. The van der Waals surface area contributed by atoms with Crippen LogP contribution in [0.2, 0.25) is 0 Å². The fourth-order valence-electron chi connectivity index (χ4n) is 2.46. The number of aromatic nitrogens is 1. The van der Waals surface area contributed by atoms with E-state index in [2.05, 4.69) is 36.7 Å². The lowest BCUT2D eigenvalue weighted by atomic mass is 10.2. The number of nitrogens with zero attached hydrogens (tertiary/aromatic N) is 2. The maximum atomic E-state index is 5.77. The average Bonchev–Trinajstić information content (AvgIpc) is 2.82. The number of pyridine rings is 1. The van der Waals surface area contributed by atoms with Gasteiger partial charge in [-0.2, -0.15) is 0 Å². The van der Waals surface area contributed by atoms with E-state index in [0.717, 1.165) is 12.2 Å². The molecule has 0 saturated carbocycles. The summed E-state index contributed by atoms with van der Waals surface area (Å²) in [7, 11) is 0. The normalized spacial score (nSPS) is 16.8. The third-order valence-electron chi connectivity index (χ3n) is 3.33. The van der Waals surface area contributed by atoms with Crippen molar-refractivity contribution >= 4 is 0 Å². The highest BCUT2D eigenvalue weighted by atomic mass is 16.5. The molecule has 1 aliphatic heterocycles. The van der Waals surface area contributed by atoms with E-state index < -0.39 is 0 Å². The zero-order chi connectivity index (χ0) is 13.7. The number of hydrogen-bond acceptors (Lipinski definition) is 3. The second-order valence-corrected chi connectivity index (χ2v) is 6.35. The van der Waals surface area contributed by atoms with Crippen molar-refractivity contribution in [1.29, 1.82) is 0 Å². The van der Waals surface area contributed by atoms with Gasteiger partial charge in [0.2, 0.25) is 0 Å². The molecule has 1 aromatic heterocycles. The van der Waals surface area contributed by atoms with Crippen LogP contribution in [0.3, 0.4) is 0 Å². The summed E-state index contributed by atoms with van der Waals surface area (Å²) in [4.78, 5) is 7.04. The van der Waals surface area contributed by atoms with Crippen LogP contribution in [0.5, 0.6) is 5.75 Å². The van der Waals surface area contributed by atoms with Crippen molar-refractivity contribution in [3.8, 4) is 5.75 Å². The molecule has 0 N–H and O–H groups in total. The quantitative estimate of drug-likeness (QED) is 0.814. The number of aryl methyl sites for hydroxylation is 1. The molecule has 0 unspecified atom stereocenters. The second-order valence-electron chi connectivity index (χ2n) is 6.35. The van der Waals surface area contributed by atoms with Crippen LogP contribution in [0.25, 0.3) is 0 Å². The summed E-state index contributed by atoms with van der Waals surface area (Å²) in [6.07, 6.45) is 6.85. The van der Waals surface area contributed by atoms with Crippen LogP contribution in [0.15, 0.2) is 18.3 Å². The summed E-state index contributed by atoms with van der Waals surface area (Å²) in [5, 5.41) is 0. The van der Waals surface area contributed by atoms with Crippen LogP contribution >= 0.6 is 0 Å². The Hall–Kier alpha value is -1.09. The number of hydrogen-bond donors (Lipinski definition) is 0. The van der Waals surface area contributed by atoms with E-state index in [0.29, 0.717) is 0 Å². The van der Waals surface area contributed by atoms with Gasteiger partial charge in [-0.3, -0.25) is 4.98 Å². The Kier molecular flexibility index (Phi) is 4.81. The van der Waals surface area contributed by atoms with Crippen LogP contribution in [-0.2, 0) is 6.42 Å². The summed E-state index contributed by atoms with van der Waals surface area (Å²) in [5.74, 6) is 0.857. The van der Waals surface area contributed by atoms with Gasteiger partial charge in [0.15, 0.2) is 0 Å². The number of likely N-dealkylation sites (tertiary alicyclic amines) is 1. The Morgan fingerprint density at radius 1 is 1.21 bits per heavy atom. The Bertz CT molecular complexity index is 375. The van der Waals surface area contributed by atoms with Crippen LogP contribution in [0.4, 0.5) is 0 Å². The van der Waals surface area contributed by atoms with Crippen molar-refractivity contribution in [3.05, 3.63) is 24.0 Å². The first kappa shape index (κ1) is 14.3. The van der Waals surface area contributed by atoms with Crippen LogP contribution < -0.4 is 4.74 Å². The van der Waals surface area contributed by atoms with Gasteiger partial charge in [0.05, 0.1) is 6.20 Å². The van der Waals surface area contributed by atoms with Crippen molar-refractivity contribution < 1.29 is 4.74 Å². The van der Waals surface area contributed by atoms with Crippen molar-refractivity contribution in [2.75, 3.05) is 19.6 Å². The molecule has 0 spiro atoms. The van der Waals surface area contributed by atoms with E-state index in [9.17, 15) is 0 Å². The lowest BCUT2D eigenvalue weighted by Crippen LogP contribution is -2.23. The molecule has 1 aliphatic rings. The molecule has 0 aromatic carbocycles. The molecule has 106 valence electrons. The molecule has 0 atom stereocenters. The zero-order valence-electron chi connectivity index (χ0n) is 12.5. The van der Waals surface area contributed by atoms with E-state index in [1.165, 1.54) is 44.6 Å². The lowest BCUT2D eigenvalue weighted by molar-refractivity contribution is 0.130. The second kappa shape index (κ2) is 6.38. The third-order valence-corrected chi connectivity index (χ3v) is 3.33. The maximum Gasteiger partial charge on any atom is 0.138 e. The minimum atomic E-state index is -0.154. The van der Waals surface area contributed by atoms with Crippen molar-refractivity contribution in [2.24, 2.45) is 0 Å². The standard InChI is InChI=1S/C16H26N2O/c1-16(2,3)19-15-9-8-14(17-13-15)7-6-12-18-10-4-5-11-18/h8-9,13H,4-7,10-12H2,1-3H3. The Morgan fingerprint density at radius 2 is 1.95 bits per heavy atom. The fourth-order valence-corrected chi connectivity index (χ4v) is 2.46. The van der Waals surface area contributed by atoms with Crippen LogP contribution in [-0.4, -0.2) is 35.1 Å². The smallest absolute Gasteiger partial charge is 0.138 e. The number of ether oxygens (including phenoxy) is 1. The Morgan fingerprint density at radius 3 is 2.53 bits per heavy atom. The van der Waals surface area contributed by atoms with E-state index >= 15 is 0 Å². The maximum absolute atomic E-state index is 5.77. The largest absolute Gasteiger partial charge is 0.487 e.